The summed E-state index contributed by atoms with van der Waals surface area (Å²) in [7, 11) is 0. The van der Waals surface area contributed by atoms with Crippen LogP contribution in [0.1, 0.15) is 80.5 Å². The monoisotopic (exact) mass is 868 g/mol. The minimum absolute atomic E-state index is 0. The summed E-state index contributed by atoms with van der Waals surface area (Å²) >= 11 is 3.55. The van der Waals surface area contributed by atoms with Crippen molar-refractivity contribution in [3.63, 3.8) is 0 Å². The van der Waals surface area contributed by atoms with Crippen molar-refractivity contribution in [3.8, 4) is 33.4 Å². The fraction of sp³-hybridized carbons (Fsp3) is 0.212. The number of allylic oxidation sites excluding steroid dienone is 4. The van der Waals surface area contributed by atoms with Gasteiger partial charge in [-0.05, 0) is 0 Å². The van der Waals surface area contributed by atoms with E-state index in [4.69, 9.17) is 11.6 Å². The van der Waals surface area contributed by atoms with Gasteiger partial charge < -0.3 is 24.8 Å². The first-order chi connectivity index (χ1) is 25.9. The summed E-state index contributed by atoms with van der Waals surface area (Å²) in [6.45, 7) is 16.5. The molecule has 56 heavy (non-hydrogen) atoms. The van der Waals surface area contributed by atoms with Crippen LogP contribution in [0, 0.1) is 6.92 Å². The summed E-state index contributed by atoms with van der Waals surface area (Å²) < 4.78 is 3.51. The fourth-order valence-electron chi connectivity index (χ4n) is 8.55. The van der Waals surface area contributed by atoms with Crippen molar-refractivity contribution in [2.45, 2.75) is 69.3 Å². The van der Waals surface area contributed by atoms with E-state index in [9.17, 15) is 0 Å². The van der Waals surface area contributed by atoms with Crippen molar-refractivity contribution >= 4 is 18.1 Å². The normalized spacial score (nSPS) is 13.5. The van der Waals surface area contributed by atoms with Gasteiger partial charge in [0.1, 0.15) is 0 Å². The van der Waals surface area contributed by atoms with Crippen molar-refractivity contribution in [2.75, 3.05) is 0 Å². The average Bonchev–Trinajstić information content (AvgIpc) is 3.82. The SMILES string of the molecule is Cc1ccc([C](c2ccc(Cl)cc2)=[Zr+2]([c]2c3c(cc(C(C)(C)C)c2-c2ccccc2)-c2cc(C(C)(C)C)c(-c4ccccc4)cc2C3)[CH]2C=CC=C2)cc1.[Cl-].[Cl-]. The molecule has 0 amide bonds. The largest absolute Gasteiger partial charge is 1.00 e. The Morgan fingerprint density at radius 3 is 1.66 bits per heavy atom. The van der Waals surface area contributed by atoms with Gasteiger partial charge in [-0.25, -0.2) is 0 Å². The first-order valence-corrected chi connectivity index (χ1v) is 23.6. The Kier molecular flexibility index (Phi) is 12.6. The number of hydrogen-bond acceptors (Lipinski definition) is 0. The van der Waals surface area contributed by atoms with Gasteiger partial charge in [0.05, 0.1) is 0 Å². The second kappa shape index (κ2) is 16.7. The van der Waals surface area contributed by atoms with E-state index >= 15 is 0 Å². The molecule has 0 atom stereocenters. The topological polar surface area (TPSA) is 0 Å². The van der Waals surface area contributed by atoms with E-state index in [0.29, 0.717) is 3.63 Å². The zero-order valence-electron chi connectivity index (χ0n) is 33.4. The van der Waals surface area contributed by atoms with E-state index < -0.39 is 21.3 Å². The molecule has 0 aliphatic heterocycles. The third-order valence-electron chi connectivity index (χ3n) is 11.2. The van der Waals surface area contributed by atoms with Gasteiger partial charge in [-0.3, -0.25) is 0 Å². The molecule has 0 heterocycles. The van der Waals surface area contributed by atoms with Gasteiger partial charge in [-0.1, -0.05) is 0 Å². The van der Waals surface area contributed by atoms with Crippen molar-refractivity contribution in [1.82, 2.24) is 0 Å². The molecule has 2 aliphatic carbocycles. The van der Waals surface area contributed by atoms with Crippen LogP contribution in [-0.4, -0.2) is 3.21 Å². The Balaban J connectivity index is 0.00000266. The number of rotatable bonds is 6. The molecular weight excluding hydrogens is 822 g/mol. The molecule has 0 bridgehead atoms. The van der Waals surface area contributed by atoms with Crippen LogP contribution in [0.4, 0.5) is 0 Å². The summed E-state index contributed by atoms with van der Waals surface area (Å²) in [5.74, 6) is 0. The summed E-state index contributed by atoms with van der Waals surface area (Å²) in [6.07, 6.45) is 10.5. The molecular formula is C52H49Cl3Zr. The van der Waals surface area contributed by atoms with Gasteiger partial charge in [-0.15, -0.1) is 0 Å². The predicted molar refractivity (Wildman–Crippen MR) is 230 cm³/mol. The molecule has 0 radical (unpaired) electrons. The molecule has 8 rings (SSSR count). The molecule has 0 saturated heterocycles. The number of aryl methyl sites for hydroxylation is 1. The van der Waals surface area contributed by atoms with E-state index in [1.54, 1.807) is 3.27 Å². The smallest absolute Gasteiger partial charge is 1.00 e. The Morgan fingerprint density at radius 1 is 0.589 bits per heavy atom. The third kappa shape index (κ3) is 8.09. The molecule has 2 aliphatic rings. The second-order valence-corrected chi connectivity index (χ2v) is 23.7. The fourth-order valence-corrected chi connectivity index (χ4v) is 17.5. The molecule has 0 nitrogen and oxygen atoms in total. The molecule has 0 spiro atoms. The first-order valence-electron chi connectivity index (χ1n) is 19.3. The second-order valence-electron chi connectivity index (χ2n) is 17.1. The molecule has 4 heteroatoms. The van der Waals surface area contributed by atoms with Crippen molar-refractivity contribution in [3.05, 3.63) is 196 Å². The maximum absolute atomic E-state index is 6.60. The maximum Gasteiger partial charge on any atom is -1.00 e. The number of fused-ring (bicyclic) bond motifs is 3. The van der Waals surface area contributed by atoms with Gasteiger partial charge in [-0.2, -0.15) is 0 Å². The van der Waals surface area contributed by atoms with Crippen molar-refractivity contribution in [1.29, 1.82) is 0 Å². The van der Waals surface area contributed by atoms with E-state index in [0.717, 1.165) is 11.4 Å². The minimum atomic E-state index is -3.05. The van der Waals surface area contributed by atoms with Gasteiger partial charge in [0.2, 0.25) is 0 Å². The van der Waals surface area contributed by atoms with Gasteiger partial charge in [0.25, 0.3) is 0 Å². The van der Waals surface area contributed by atoms with Crippen LogP contribution in [0.3, 0.4) is 0 Å². The van der Waals surface area contributed by atoms with E-state index in [2.05, 4.69) is 200 Å². The summed E-state index contributed by atoms with van der Waals surface area (Å²) in [5.41, 5.74) is 17.8. The third-order valence-corrected chi connectivity index (χ3v) is 19.5. The van der Waals surface area contributed by atoms with E-state index in [1.165, 1.54) is 75.5 Å². The zero-order valence-corrected chi connectivity index (χ0v) is 38.1. The Labute approximate surface area is 359 Å². The number of halogens is 3. The Hall–Kier alpha value is -3.58. The summed E-state index contributed by atoms with van der Waals surface area (Å²) in [4.78, 5) is 0. The molecule has 0 unspecified atom stereocenters. The van der Waals surface area contributed by atoms with Crippen LogP contribution in [0.25, 0.3) is 33.4 Å². The van der Waals surface area contributed by atoms with Gasteiger partial charge in [0, 0.05) is 0 Å². The van der Waals surface area contributed by atoms with Crippen molar-refractivity contribution in [2.24, 2.45) is 0 Å². The van der Waals surface area contributed by atoms with Gasteiger partial charge in [0.15, 0.2) is 0 Å². The van der Waals surface area contributed by atoms with Crippen LogP contribution in [0.2, 0.25) is 8.65 Å². The molecule has 6 aromatic rings. The zero-order chi connectivity index (χ0) is 37.8. The minimum Gasteiger partial charge on any atom is -1.00 e. The first kappa shape index (κ1) is 42.0. The molecule has 0 N–H and O–H groups in total. The maximum atomic E-state index is 6.60. The standard InChI is InChI=1S/C33H33.C14H11Cl.C5H5.2ClH.Zr/c1-32(2,3)30-20-26-24(18-28(30)22-13-9-7-10-14-22)17-25-19-29(23-15-11-8-12-16-23)31(21-27(25)26)33(4,5)6;1-11-2-4-12(5-3-11)10-13-6-8-14(15)9-7-13;1-2-4-5-3-1;;;/h7-16,18,20-21H,17H2,1-6H3;2-9H,1H3;1-5H;2*1H;/q;;;;;+2/p-2. The van der Waals surface area contributed by atoms with Crippen LogP contribution in [-0.2, 0) is 38.5 Å². The quantitative estimate of drug-likeness (QED) is 0.162. The molecule has 0 saturated carbocycles. The van der Waals surface area contributed by atoms with E-state index in [-0.39, 0.29) is 35.6 Å². The van der Waals surface area contributed by atoms with Crippen LogP contribution in [0.15, 0.2) is 152 Å². The average molecular weight is 872 g/mol. The van der Waals surface area contributed by atoms with Crippen molar-refractivity contribution < 1.29 is 46.1 Å². The van der Waals surface area contributed by atoms with Crippen LogP contribution >= 0.6 is 11.6 Å². The van der Waals surface area contributed by atoms with Gasteiger partial charge >= 0.3 is 338 Å². The summed E-state index contributed by atoms with van der Waals surface area (Å²) in [5, 5.41) is 0.771. The number of hydrogen-bond donors (Lipinski definition) is 0. The Morgan fingerprint density at radius 2 is 1.11 bits per heavy atom. The molecule has 0 aromatic heterocycles. The molecule has 282 valence electrons. The molecule has 6 aromatic carbocycles. The summed E-state index contributed by atoms with van der Waals surface area (Å²) in [6, 6.07) is 48.0. The van der Waals surface area contributed by atoms with Crippen LogP contribution < -0.4 is 28.1 Å². The number of benzene rings is 6. The molecule has 0 fully saturated rings. The predicted octanol–water partition coefficient (Wildman–Crippen LogP) is 7.58. The van der Waals surface area contributed by atoms with Crippen LogP contribution in [0.5, 0.6) is 0 Å². The van der Waals surface area contributed by atoms with E-state index in [1.807, 2.05) is 0 Å². The Bertz CT molecular complexity index is 2400.